The number of halogens is 1. The fourth-order valence-electron chi connectivity index (χ4n) is 1.18. The minimum Gasteiger partial charge on any atom is -0.476 e. The van der Waals surface area contributed by atoms with E-state index >= 15 is 0 Å². The zero-order valence-electron chi connectivity index (χ0n) is 8.59. The van der Waals surface area contributed by atoms with E-state index in [-0.39, 0.29) is 5.69 Å². The average molecular weight is 294 g/mol. The number of nitrogens with zero attached hydrogens (tertiary/aromatic N) is 2. The van der Waals surface area contributed by atoms with E-state index < -0.39 is 5.97 Å². The van der Waals surface area contributed by atoms with Gasteiger partial charge in [-0.05, 0) is 24.3 Å². The number of aromatic nitrogens is 2. The SMILES string of the molecule is O=C(O)c1cnc(Nc2ccc(Br)cc2)cn1. The summed E-state index contributed by atoms with van der Waals surface area (Å²) in [5.41, 5.74) is 0.775. The van der Waals surface area contributed by atoms with E-state index in [0.29, 0.717) is 5.82 Å². The van der Waals surface area contributed by atoms with Crippen molar-refractivity contribution in [1.29, 1.82) is 0 Å². The third kappa shape index (κ3) is 3.01. The Labute approximate surface area is 106 Å². The maximum Gasteiger partial charge on any atom is 0.356 e. The van der Waals surface area contributed by atoms with Crippen molar-refractivity contribution in [3.63, 3.8) is 0 Å². The molecule has 0 unspecified atom stereocenters. The molecule has 0 saturated carbocycles. The first kappa shape index (κ1) is 11.5. The van der Waals surface area contributed by atoms with Crippen molar-refractivity contribution < 1.29 is 9.90 Å². The van der Waals surface area contributed by atoms with Crippen molar-refractivity contribution >= 4 is 33.4 Å². The van der Waals surface area contributed by atoms with E-state index in [4.69, 9.17) is 5.11 Å². The molecule has 0 saturated heterocycles. The molecule has 0 aliphatic heterocycles. The van der Waals surface area contributed by atoms with Crippen LogP contribution in [0.5, 0.6) is 0 Å². The zero-order valence-corrected chi connectivity index (χ0v) is 10.2. The molecule has 0 bridgehead atoms. The number of carboxylic acids is 1. The highest BCUT2D eigenvalue weighted by Gasteiger charge is 2.04. The smallest absolute Gasteiger partial charge is 0.356 e. The van der Waals surface area contributed by atoms with Gasteiger partial charge >= 0.3 is 5.97 Å². The number of anilines is 2. The summed E-state index contributed by atoms with van der Waals surface area (Å²) in [4.78, 5) is 18.3. The van der Waals surface area contributed by atoms with Gasteiger partial charge in [0.25, 0.3) is 0 Å². The number of hydrogen-bond donors (Lipinski definition) is 2. The summed E-state index contributed by atoms with van der Waals surface area (Å²) in [5.74, 6) is -0.593. The molecule has 2 aromatic rings. The number of hydrogen-bond acceptors (Lipinski definition) is 4. The van der Waals surface area contributed by atoms with E-state index in [1.54, 1.807) is 0 Å². The molecule has 17 heavy (non-hydrogen) atoms. The quantitative estimate of drug-likeness (QED) is 0.910. The Balaban J connectivity index is 2.13. The number of aromatic carboxylic acids is 1. The maximum absolute atomic E-state index is 10.6. The van der Waals surface area contributed by atoms with Crippen LogP contribution in [0.15, 0.2) is 41.1 Å². The third-order valence-corrected chi connectivity index (χ3v) is 2.52. The average Bonchev–Trinajstić information content (AvgIpc) is 2.33. The fraction of sp³-hybridized carbons (Fsp3) is 0. The Morgan fingerprint density at radius 1 is 1.18 bits per heavy atom. The minimum atomic E-state index is -1.09. The molecule has 1 aromatic carbocycles. The highest BCUT2D eigenvalue weighted by Crippen LogP contribution is 2.17. The van der Waals surface area contributed by atoms with Gasteiger partial charge in [-0.1, -0.05) is 15.9 Å². The Morgan fingerprint density at radius 2 is 1.88 bits per heavy atom. The number of nitrogens with one attached hydrogen (secondary N) is 1. The van der Waals surface area contributed by atoms with Crippen molar-refractivity contribution in [2.45, 2.75) is 0 Å². The first-order valence-electron chi connectivity index (χ1n) is 4.73. The van der Waals surface area contributed by atoms with Gasteiger partial charge in [0.15, 0.2) is 5.69 Å². The molecule has 0 aliphatic rings. The van der Waals surface area contributed by atoms with Crippen LogP contribution < -0.4 is 5.32 Å². The first-order chi connectivity index (χ1) is 8.15. The summed E-state index contributed by atoms with van der Waals surface area (Å²) in [6, 6.07) is 7.52. The second-order valence-corrected chi connectivity index (χ2v) is 4.14. The highest BCUT2D eigenvalue weighted by atomic mass is 79.9. The van der Waals surface area contributed by atoms with Crippen LogP contribution in [0, 0.1) is 0 Å². The lowest BCUT2D eigenvalue weighted by Gasteiger charge is -2.04. The normalized spacial score (nSPS) is 9.94. The summed E-state index contributed by atoms with van der Waals surface area (Å²) in [7, 11) is 0. The summed E-state index contributed by atoms with van der Waals surface area (Å²) in [6.45, 7) is 0. The molecule has 0 amide bonds. The van der Waals surface area contributed by atoms with Crippen molar-refractivity contribution in [2.75, 3.05) is 5.32 Å². The van der Waals surface area contributed by atoms with Crippen LogP contribution in [0.4, 0.5) is 11.5 Å². The highest BCUT2D eigenvalue weighted by molar-refractivity contribution is 9.10. The number of benzene rings is 1. The van der Waals surface area contributed by atoms with E-state index in [1.807, 2.05) is 24.3 Å². The van der Waals surface area contributed by atoms with Crippen LogP contribution in [0.3, 0.4) is 0 Å². The Morgan fingerprint density at radius 3 is 2.41 bits per heavy atom. The molecule has 0 spiro atoms. The summed E-state index contributed by atoms with van der Waals surface area (Å²) >= 11 is 3.34. The number of carboxylic acid groups (broad SMARTS) is 1. The molecular weight excluding hydrogens is 286 g/mol. The number of carbonyl (C=O) groups is 1. The molecule has 1 heterocycles. The van der Waals surface area contributed by atoms with Gasteiger partial charge in [0, 0.05) is 10.2 Å². The summed E-state index contributed by atoms with van der Waals surface area (Å²) < 4.78 is 0.982. The lowest BCUT2D eigenvalue weighted by Crippen LogP contribution is -2.02. The van der Waals surface area contributed by atoms with Crippen LogP contribution in [-0.2, 0) is 0 Å². The van der Waals surface area contributed by atoms with Gasteiger partial charge in [-0.25, -0.2) is 14.8 Å². The van der Waals surface area contributed by atoms with Crippen LogP contribution in [0.25, 0.3) is 0 Å². The van der Waals surface area contributed by atoms with Crippen LogP contribution in [0.1, 0.15) is 10.5 Å². The van der Waals surface area contributed by atoms with Crippen molar-refractivity contribution in [1.82, 2.24) is 9.97 Å². The van der Waals surface area contributed by atoms with Gasteiger partial charge in [0.05, 0.1) is 12.4 Å². The second-order valence-electron chi connectivity index (χ2n) is 3.22. The first-order valence-corrected chi connectivity index (χ1v) is 5.52. The molecule has 0 fully saturated rings. The lowest BCUT2D eigenvalue weighted by molar-refractivity contribution is 0.0690. The van der Waals surface area contributed by atoms with E-state index in [0.717, 1.165) is 10.2 Å². The van der Waals surface area contributed by atoms with Gasteiger partial charge in [0.2, 0.25) is 0 Å². The number of rotatable bonds is 3. The molecule has 5 nitrogen and oxygen atoms in total. The molecule has 6 heteroatoms. The monoisotopic (exact) mass is 293 g/mol. The maximum atomic E-state index is 10.6. The topological polar surface area (TPSA) is 75.1 Å². The predicted molar refractivity (Wildman–Crippen MR) is 66.4 cm³/mol. The standard InChI is InChI=1S/C11H8BrN3O2/c12-7-1-3-8(4-2-7)15-10-6-13-9(5-14-10)11(16)17/h1-6H,(H,14,15)(H,16,17). The third-order valence-electron chi connectivity index (χ3n) is 1.99. The Kier molecular flexibility index (Phi) is 3.34. The molecule has 0 atom stereocenters. The van der Waals surface area contributed by atoms with Gasteiger partial charge in [-0.15, -0.1) is 0 Å². The zero-order chi connectivity index (χ0) is 12.3. The predicted octanol–water partition coefficient (Wildman–Crippen LogP) is 2.68. The summed E-state index contributed by atoms with van der Waals surface area (Å²) in [6.07, 6.45) is 2.59. The lowest BCUT2D eigenvalue weighted by atomic mass is 10.3. The van der Waals surface area contributed by atoms with Gasteiger partial charge in [0.1, 0.15) is 5.82 Å². The molecule has 86 valence electrons. The van der Waals surface area contributed by atoms with Crippen molar-refractivity contribution in [2.24, 2.45) is 0 Å². The van der Waals surface area contributed by atoms with E-state index in [2.05, 4.69) is 31.2 Å². The Hall–Kier alpha value is -1.95. The molecule has 2 rings (SSSR count). The summed E-state index contributed by atoms with van der Waals surface area (Å²) in [5, 5.41) is 11.7. The second kappa shape index (κ2) is 4.92. The largest absolute Gasteiger partial charge is 0.476 e. The van der Waals surface area contributed by atoms with E-state index in [1.165, 1.54) is 12.4 Å². The van der Waals surface area contributed by atoms with Gasteiger partial charge < -0.3 is 10.4 Å². The molecule has 2 N–H and O–H groups in total. The van der Waals surface area contributed by atoms with Crippen LogP contribution >= 0.6 is 15.9 Å². The molecule has 0 aliphatic carbocycles. The molecule has 0 radical (unpaired) electrons. The van der Waals surface area contributed by atoms with E-state index in [9.17, 15) is 4.79 Å². The van der Waals surface area contributed by atoms with Crippen LogP contribution in [-0.4, -0.2) is 21.0 Å². The molecular formula is C11H8BrN3O2. The Bertz CT molecular complexity index is 525. The van der Waals surface area contributed by atoms with Crippen molar-refractivity contribution in [3.8, 4) is 0 Å². The molecule has 1 aromatic heterocycles. The van der Waals surface area contributed by atoms with Gasteiger partial charge in [-0.3, -0.25) is 0 Å². The van der Waals surface area contributed by atoms with Gasteiger partial charge in [-0.2, -0.15) is 0 Å². The fourth-order valence-corrected chi connectivity index (χ4v) is 1.45. The van der Waals surface area contributed by atoms with Crippen LogP contribution in [0.2, 0.25) is 0 Å². The van der Waals surface area contributed by atoms with Crippen molar-refractivity contribution in [3.05, 3.63) is 46.8 Å². The minimum absolute atomic E-state index is 0.0774.